The van der Waals surface area contributed by atoms with Gasteiger partial charge < -0.3 is 14.6 Å². The van der Waals surface area contributed by atoms with Crippen molar-refractivity contribution in [1.82, 2.24) is 4.90 Å². The minimum absolute atomic E-state index is 0. The number of hydrogen-bond donors (Lipinski definition) is 2. The molecule has 4 rings (SSSR count). The van der Waals surface area contributed by atoms with Crippen molar-refractivity contribution in [3.63, 3.8) is 0 Å². The van der Waals surface area contributed by atoms with Gasteiger partial charge in [-0.1, -0.05) is 12.1 Å². The van der Waals surface area contributed by atoms with Crippen LogP contribution in [0.2, 0.25) is 0 Å². The second-order valence-corrected chi connectivity index (χ2v) is 8.42. The highest BCUT2D eigenvalue weighted by Gasteiger charge is 2.27. The molecule has 27 heavy (non-hydrogen) atoms. The summed E-state index contributed by atoms with van der Waals surface area (Å²) in [5, 5.41) is 22.4. The van der Waals surface area contributed by atoms with Crippen LogP contribution in [0.3, 0.4) is 0 Å². The first-order valence-corrected chi connectivity index (χ1v) is 10.5. The molecule has 2 N–H and O–H groups in total. The number of halogens is 1. The van der Waals surface area contributed by atoms with Crippen LogP contribution in [0.25, 0.3) is 11.0 Å². The lowest BCUT2D eigenvalue weighted by Crippen LogP contribution is -2.40. The summed E-state index contributed by atoms with van der Waals surface area (Å²) < 4.78 is 5.52. The smallest absolute Gasteiger partial charge is 0.339 e. The molecule has 148 valence electrons. The lowest BCUT2D eigenvalue weighted by atomic mass is 9.87. The molecule has 0 saturated carbocycles. The Kier molecular flexibility index (Phi) is 6.87. The quantitative estimate of drug-likeness (QED) is 0.753. The van der Waals surface area contributed by atoms with E-state index in [0.29, 0.717) is 17.7 Å². The first kappa shape index (κ1) is 20.7. The highest BCUT2D eigenvalue weighted by molar-refractivity contribution is 7.99. The molecule has 2 atom stereocenters. The summed E-state index contributed by atoms with van der Waals surface area (Å²) in [5.41, 5.74) is 2.66. The second-order valence-electron chi connectivity index (χ2n) is 7.20. The zero-order valence-corrected chi connectivity index (χ0v) is 16.9. The summed E-state index contributed by atoms with van der Waals surface area (Å²) >= 11 is 1.92. The van der Waals surface area contributed by atoms with E-state index in [0.717, 1.165) is 66.8 Å². The van der Waals surface area contributed by atoms with Crippen molar-refractivity contribution in [2.45, 2.75) is 37.9 Å². The second kappa shape index (κ2) is 8.97. The number of fused-ring (bicyclic) bond motifs is 3. The van der Waals surface area contributed by atoms with E-state index < -0.39 is 12.2 Å². The number of β-amino-alcohol motifs (C(OH)–C–C–N with tert-alkyl or cyclic N) is 1. The molecule has 1 aliphatic carbocycles. The molecule has 5 nitrogen and oxygen atoms in total. The SMILES string of the molecule is Cl.O=c1oc2cccc(C(O)C(O)CN3CCSCC3)c2c2c1CCCC2. The third-order valence-electron chi connectivity index (χ3n) is 5.51. The van der Waals surface area contributed by atoms with Crippen molar-refractivity contribution in [2.24, 2.45) is 0 Å². The number of aliphatic hydroxyl groups is 2. The van der Waals surface area contributed by atoms with E-state index in [1.165, 1.54) is 0 Å². The molecule has 1 saturated heterocycles. The summed E-state index contributed by atoms with van der Waals surface area (Å²) in [7, 11) is 0. The Balaban J connectivity index is 0.00000210. The Labute approximate surface area is 169 Å². The van der Waals surface area contributed by atoms with Crippen LogP contribution >= 0.6 is 24.2 Å². The van der Waals surface area contributed by atoms with Crippen molar-refractivity contribution < 1.29 is 14.6 Å². The topological polar surface area (TPSA) is 73.9 Å². The summed E-state index contributed by atoms with van der Waals surface area (Å²) in [6.07, 6.45) is 1.71. The third-order valence-corrected chi connectivity index (χ3v) is 6.45. The van der Waals surface area contributed by atoms with E-state index in [-0.39, 0.29) is 18.0 Å². The first-order chi connectivity index (χ1) is 12.6. The van der Waals surface area contributed by atoms with Crippen molar-refractivity contribution in [1.29, 1.82) is 0 Å². The van der Waals surface area contributed by atoms with E-state index in [1.807, 2.05) is 17.8 Å². The zero-order chi connectivity index (χ0) is 18.1. The summed E-state index contributed by atoms with van der Waals surface area (Å²) in [4.78, 5) is 14.5. The molecule has 0 bridgehead atoms. The summed E-state index contributed by atoms with van der Waals surface area (Å²) in [6.45, 7) is 2.33. The highest BCUT2D eigenvalue weighted by atomic mass is 35.5. The van der Waals surface area contributed by atoms with E-state index >= 15 is 0 Å². The van der Waals surface area contributed by atoms with Crippen LogP contribution < -0.4 is 5.63 Å². The van der Waals surface area contributed by atoms with Gasteiger partial charge in [0.1, 0.15) is 11.7 Å². The highest BCUT2D eigenvalue weighted by Crippen LogP contribution is 2.33. The number of thioether (sulfide) groups is 1. The maximum atomic E-state index is 12.3. The average Bonchev–Trinajstić information content (AvgIpc) is 2.68. The number of nitrogens with zero attached hydrogens (tertiary/aromatic N) is 1. The molecular formula is C20H26ClNO4S. The maximum absolute atomic E-state index is 12.3. The van der Waals surface area contributed by atoms with E-state index in [9.17, 15) is 15.0 Å². The van der Waals surface area contributed by atoms with Gasteiger partial charge in [-0.25, -0.2) is 4.79 Å². The summed E-state index contributed by atoms with van der Waals surface area (Å²) in [5.74, 6) is 2.13. The molecule has 1 aromatic carbocycles. The molecule has 2 heterocycles. The zero-order valence-electron chi connectivity index (χ0n) is 15.2. The van der Waals surface area contributed by atoms with Crippen LogP contribution in [0.1, 0.15) is 35.6 Å². The molecule has 0 radical (unpaired) electrons. The monoisotopic (exact) mass is 411 g/mol. The van der Waals surface area contributed by atoms with Gasteiger partial charge in [0.05, 0.1) is 6.10 Å². The fourth-order valence-corrected chi connectivity index (χ4v) is 5.10. The predicted molar refractivity (Wildman–Crippen MR) is 111 cm³/mol. The molecule has 1 aromatic heterocycles. The van der Waals surface area contributed by atoms with E-state index in [2.05, 4.69) is 4.90 Å². The van der Waals surface area contributed by atoms with Crippen LogP contribution in [-0.4, -0.2) is 52.4 Å². The summed E-state index contributed by atoms with van der Waals surface area (Å²) in [6, 6.07) is 5.40. The van der Waals surface area contributed by atoms with Crippen LogP contribution in [0.15, 0.2) is 27.4 Å². The molecule has 0 spiro atoms. The van der Waals surface area contributed by atoms with Crippen molar-refractivity contribution in [3.8, 4) is 0 Å². The lowest BCUT2D eigenvalue weighted by Gasteiger charge is -2.30. The minimum atomic E-state index is -0.994. The van der Waals surface area contributed by atoms with Gasteiger partial charge in [-0.3, -0.25) is 4.90 Å². The molecule has 2 aliphatic rings. The fraction of sp³-hybridized carbons (Fsp3) is 0.550. The maximum Gasteiger partial charge on any atom is 0.339 e. The molecule has 0 amide bonds. The van der Waals surface area contributed by atoms with E-state index in [1.54, 1.807) is 12.1 Å². The van der Waals surface area contributed by atoms with Gasteiger partial charge >= 0.3 is 5.63 Å². The number of benzene rings is 1. The normalized spacial score (nSPS) is 19.9. The molecular weight excluding hydrogens is 386 g/mol. The van der Waals surface area contributed by atoms with Crippen LogP contribution in [0.4, 0.5) is 0 Å². The van der Waals surface area contributed by atoms with Gasteiger partial charge in [0, 0.05) is 42.1 Å². The van der Waals surface area contributed by atoms with Gasteiger partial charge in [0.25, 0.3) is 0 Å². The Hall–Kier alpha value is -1.05. The first-order valence-electron chi connectivity index (χ1n) is 9.39. The van der Waals surface area contributed by atoms with Gasteiger partial charge in [-0.2, -0.15) is 11.8 Å². The van der Waals surface area contributed by atoms with Gasteiger partial charge in [-0.05, 0) is 42.9 Å². The Morgan fingerprint density at radius 3 is 2.56 bits per heavy atom. The van der Waals surface area contributed by atoms with Crippen molar-refractivity contribution in [3.05, 3.63) is 45.3 Å². The van der Waals surface area contributed by atoms with Gasteiger partial charge in [-0.15, -0.1) is 12.4 Å². The molecule has 1 fully saturated rings. The Bertz CT molecular complexity index is 850. The fourth-order valence-electron chi connectivity index (χ4n) is 4.13. The number of aryl methyl sites for hydroxylation is 1. The van der Waals surface area contributed by atoms with E-state index in [4.69, 9.17) is 4.42 Å². The van der Waals surface area contributed by atoms with Crippen LogP contribution in [0.5, 0.6) is 0 Å². The Morgan fingerprint density at radius 1 is 1.11 bits per heavy atom. The molecule has 1 aliphatic heterocycles. The lowest BCUT2D eigenvalue weighted by molar-refractivity contribution is -0.00130. The average molecular weight is 412 g/mol. The van der Waals surface area contributed by atoms with Crippen molar-refractivity contribution >= 4 is 35.1 Å². The molecule has 2 unspecified atom stereocenters. The third kappa shape index (κ3) is 4.20. The predicted octanol–water partition coefficient (Wildman–Crippen LogP) is 2.54. The van der Waals surface area contributed by atoms with Gasteiger partial charge in [0.2, 0.25) is 0 Å². The van der Waals surface area contributed by atoms with Crippen LogP contribution in [0, 0.1) is 0 Å². The molecule has 2 aromatic rings. The van der Waals surface area contributed by atoms with Gasteiger partial charge in [0.15, 0.2) is 0 Å². The standard InChI is InChI=1S/C20H25NO4S.ClH/c22-16(12-21-8-10-26-11-9-21)19(23)15-6-3-7-17-18(15)13-4-1-2-5-14(13)20(24)25-17;/h3,6-7,16,19,22-23H,1-2,4-5,8-12H2;1H. The number of aliphatic hydroxyl groups excluding tert-OH is 2. The molecule has 7 heteroatoms. The Morgan fingerprint density at radius 2 is 1.81 bits per heavy atom. The minimum Gasteiger partial charge on any atom is -0.422 e. The van der Waals surface area contributed by atoms with Crippen molar-refractivity contribution in [2.75, 3.05) is 31.1 Å². The number of hydrogen-bond acceptors (Lipinski definition) is 6. The largest absolute Gasteiger partial charge is 0.422 e. The van der Waals surface area contributed by atoms with Crippen LogP contribution in [-0.2, 0) is 12.8 Å². The number of rotatable bonds is 4.